The molecule has 0 aliphatic carbocycles. The van der Waals surface area contributed by atoms with E-state index in [4.69, 9.17) is 11.6 Å². The van der Waals surface area contributed by atoms with Crippen molar-refractivity contribution in [1.29, 1.82) is 0 Å². The molecule has 0 bridgehead atoms. The van der Waals surface area contributed by atoms with Crippen LogP contribution in [0.4, 0.5) is 13.2 Å². The minimum Gasteiger partial charge on any atom is -0.306 e. The van der Waals surface area contributed by atoms with Gasteiger partial charge in [0.15, 0.2) is 0 Å². The molecule has 1 N–H and O–H groups in total. The number of hydrogen-bond donors (Lipinski definition) is 1. The lowest BCUT2D eigenvalue weighted by atomic mass is 9.96. The summed E-state index contributed by atoms with van der Waals surface area (Å²) in [6.07, 6.45) is 0. The van der Waals surface area contributed by atoms with Crippen LogP contribution < -0.4 is 5.32 Å². The first kappa shape index (κ1) is 15.9. The molecule has 0 saturated carbocycles. The summed E-state index contributed by atoms with van der Waals surface area (Å²) in [7, 11) is 0. The van der Waals surface area contributed by atoms with Crippen molar-refractivity contribution in [3.63, 3.8) is 0 Å². The second-order valence-electron chi connectivity index (χ2n) is 4.78. The molecule has 0 aliphatic rings. The van der Waals surface area contributed by atoms with Crippen LogP contribution in [0.15, 0.2) is 30.3 Å². The van der Waals surface area contributed by atoms with Crippen LogP contribution in [0.2, 0.25) is 5.02 Å². The van der Waals surface area contributed by atoms with E-state index in [-0.39, 0.29) is 5.56 Å². The summed E-state index contributed by atoms with van der Waals surface area (Å²) in [6.45, 7) is 3.91. The third kappa shape index (κ3) is 3.39. The van der Waals surface area contributed by atoms with E-state index in [1.807, 2.05) is 6.92 Å². The van der Waals surface area contributed by atoms with Crippen LogP contribution in [-0.4, -0.2) is 6.54 Å². The fraction of sp³-hybridized carbons (Fsp3) is 0.250. The summed E-state index contributed by atoms with van der Waals surface area (Å²) in [5.41, 5.74) is 0.980. The van der Waals surface area contributed by atoms with E-state index in [1.54, 1.807) is 6.92 Å². The van der Waals surface area contributed by atoms with E-state index in [0.717, 1.165) is 6.07 Å². The zero-order valence-electron chi connectivity index (χ0n) is 11.7. The SMILES string of the molecule is CCNC(c1cc(C)c(F)cc1F)c1cc(F)ccc1Cl. The molecule has 0 fully saturated rings. The number of hydrogen-bond acceptors (Lipinski definition) is 1. The van der Waals surface area contributed by atoms with E-state index in [1.165, 1.54) is 24.3 Å². The minimum atomic E-state index is -0.690. The molecule has 1 unspecified atom stereocenters. The lowest BCUT2D eigenvalue weighted by molar-refractivity contribution is 0.535. The summed E-state index contributed by atoms with van der Waals surface area (Å²) < 4.78 is 41.0. The van der Waals surface area contributed by atoms with E-state index in [0.29, 0.717) is 22.7 Å². The van der Waals surface area contributed by atoms with E-state index in [9.17, 15) is 13.2 Å². The van der Waals surface area contributed by atoms with E-state index in [2.05, 4.69) is 5.32 Å². The van der Waals surface area contributed by atoms with Crippen LogP contribution in [0, 0.1) is 24.4 Å². The van der Waals surface area contributed by atoms with Crippen LogP contribution in [-0.2, 0) is 0 Å². The van der Waals surface area contributed by atoms with Gasteiger partial charge in [-0.05, 0) is 48.9 Å². The van der Waals surface area contributed by atoms with Gasteiger partial charge >= 0.3 is 0 Å². The van der Waals surface area contributed by atoms with Gasteiger partial charge in [-0.3, -0.25) is 0 Å². The molecule has 0 heterocycles. The molecule has 112 valence electrons. The summed E-state index contributed by atoms with van der Waals surface area (Å²) in [5.74, 6) is -1.77. The van der Waals surface area contributed by atoms with Crippen molar-refractivity contribution >= 4 is 11.6 Å². The van der Waals surface area contributed by atoms with Gasteiger partial charge < -0.3 is 5.32 Å². The average Bonchev–Trinajstić information content (AvgIpc) is 2.43. The third-order valence-corrected chi connectivity index (χ3v) is 3.61. The number of benzene rings is 2. The molecule has 0 amide bonds. The van der Waals surface area contributed by atoms with Crippen LogP contribution in [0.3, 0.4) is 0 Å². The normalized spacial score (nSPS) is 12.5. The van der Waals surface area contributed by atoms with Gasteiger partial charge in [0.05, 0.1) is 6.04 Å². The molecule has 1 atom stereocenters. The average molecular weight is 314 g/mol. The van der Waals surface area contributed by atoms with Gasteiger partial charge in [-0.25, -0.2) is 13.2 Å². The molecule has 5 heteroatoms. The Labute approximate surface area is 126 Å². The second kappa shape index (κ2) is 6.50. The van der Waals surface area contributed by atoms with Gasteiger partial charge in [0.1, 0.15) is 17.5 Å². The highest BCUT2D eigenvalue weighted by atomic mass is 35.5. The Morgan fingerprint density at radius 3 is 2.43 bits per heavy atom. The maximum absolute atomic E-state index is 14.1. The van der Waals surface area contributed by atoms with Crippen molar-refractivity contribution in [1.82, 2.24) is 5.32 Å². The van der Waals surface area contributed by atoms with Crippen LogP contribution in [0.25, 0.3) is 0 Å². The summed E-state index contributed by atoms with van der Waals surface area (Å²) >= 11 is 6.10. The Morgan fingerprint density at radius 2 is 1.76 bits per heavy atom. The number of halogens is 4. The standard InChI is InChI=1S/C16H15ClF3N/c1-3-21-16(11-7-10(18)4-5-13(11)17)12-6-9(2)14(19)8-15(12)20/h4-8,16,21H,3H2,1-2H3. The fourth-order valence-corrected chi connectivity index (χ4v) is 2.45. The highest BCUT2D eigenvalue weighted by molar-refractivity contribution is 6.31. The van der Waals surface area contributed by atoms with Crippen molar-refractivity contribution in [3.05, 3.63) is 69.5 Å². The Bertz CT molecular complexity index is 658. The molecule has 21 heavy (non-hydrogen) atoms. The van der Waals surface area contributed by atoms with Crippen LogP contribution >= 0.6 is 11.6 Å². The van der Waals surface area contributed by atoms with Crippen LogP contribution in [0.5, 0.6) is 0 Å². The van der Waals surface area contributed by atoms with Crippen molar-refractivity contribution in [2.75, 3.05) is 6.54 Å². The number of aryl methyl sites for hydroxylation is 1. The molecule has 0 saturated heterocycles. The Balaban J connectivity index is 2.58. The zero-order chi connectivity index (χ0) is 15.6. The monoisotopic (exact) mass is 313 g/mol. The maximum Gasteiger partial charge on any atom is 0.131 e. The first-order valence-corrected chi connectivity index (χ1v) is 6.95. The summed E-state index contributed by atoms with van der Waals surface area (Å²) in [6, 6.07) is 5.53. The first-order chi connectivity index (χ1) is 9.93. The zero-order valence-corrected chi connectivity index (χ0v) is 12.4. The molecule has 2 aromatic carbocycles. The van der Waals surface area contributed by atoms with Crippen molar-refractivity contribution in [3.8, 4) is 0 Å². The van der Waals surface area contributed by atoms with Gasteiger partial charge in [-0.15, -0.1) is 0 Å². The van der Waals surface area contributed by atoms with Gasteiger partial charge in [0, 0.05) is 16.7 Å². The molecule has 0 aliphatic heterocycles. The molecule has 0 radical (unpaired) electrons. The Kier molecular flexibility index (Phi) is 4.91. The topological polar surface area (TPSA) is 12.0 Å². The van der Waals surface area contributed by atoms with E-state index < -0.39 is 23.5 Å². The van der Waals surface area contributed by atoms with Gasteiger partial charge in [0.2, 0.25) is 0 Å². The third-order valence-electron chi connectivity index (χ3n) is 3.27. The van der Waals surface area contributed by atoms with Crippen molar-refractivity contribution in [2.24, 2.45) is 0 Å². The highest BCUT2D eigenvalue weighted by Crippen LogP contribution is 2.31. The number of rotatable bonds is 4. The minimum absolute atomic E-state index is 0.239. The van der Waals surface area contributed by atoms with Gasteiger partial charge in [-0.1, -0.05) is 18.5 Å². The molecule has 1 nitrogen and oxygen atoms in total. The molecule has 0 aromatic heterocycles. The summed E-state index contributed by atoms with van der Waals surface area (Å²) in [5, 5.41) is 3.38. The Morgan fingerprint density at radius 1 is 1.05 bits per heavy atom. The lowest BCUT2D eigenvalue weighted by Gasteiger charge is -2.21. The van der Waals surface area contributed by atoms with Crippen molar-refractivity contribution in [2.45, 2.75) is 19.9 Å². The fourth-order valence-electron chi connectivity index (χ4n) is 2.23. The predicted molar refractivity (Wildman–Crippen MR) is 78.0 cm³/mol. The quantitative estimate of drug-likeness (QED) is 0.857. The van der Waals surface area contributed by atoms with E-state index >= 15 is 0 Å². The second-order valence-corrected chi connectivity index (χ2v) is 5.19. The first-order valence-electron chi connectivity index (χ1n) is 6.58. The molecule has 2 rings (SSSR count). The summed E-state index contributed by atoms with van der Waals surface area (Å²) in [4.78, 5) is 0. The molecular formula is C16H15ClF3N. The van der Waals surface area contributed by atoms with Gasteiger partial charge in [0.25, 0.3) is 0 Å². The lowest BCUT2D eigenvalue weighted by Crippen LogP contribution is -2.23. The largest absolute Gasteiger partial charge is 0.306 e. The number of nitrogens with one attached hydrogen (secondary N) is 1. The molecular weight excluding hydrogens is 299 g/mol. The van der Waals surface area contributed by atoms with Gasteiger partial charge in [-0.2, -0.15) is 0 Å². The predicted octanol–water partition coefficient (Wildman–Crippen LogP) is 4.76. The van der Waals surface area contributed by atoms with Crippen molar-refractivity contribution < 1.29 is 13.2 Å². The Hall–Kier alpha value is -1.52. The van der Waals surface area contributed by atoms with Crippen LogP contribution in [0.1, 0.15) is 29.7 Å². The highest BCUT2D eigenvalue weighted by Gasteiger charge is 2.21. The smallest absolute Gasteiger partial charge is 0.131 e. The molecule has 0 spiro atoms. The maximum atomic E-state index is 14.1. The molecule has 2 aromatic rings.